The largest absolute Gasteiger partial charge is 0.497 e. The molecule has 0 bridgehead atoms. The van der Waals surface area contributed by atoms with Gasteiger partial charge in [0.15, 0.2) is 0 Å². The zero-order chi connectivity index (χ0) is 33.2. The maximum absolute atomic E-state index is 14.3. The Morgan fingerprint density at radius 3 is 2.53 bits per heavy atom. The molecule has 3 aromatic carbocycles. The van der Waals surface area contributed by atoms with Crippen LogP contribution in [-0.2, 0) is 16.6 Å². The highest BCUT2D eigenvalue weighted by Gasteiger charge is 2.40. The van der Waals surface area contributed by atoms with Crippen LogP contribution in [0.25, 0.3) is 0 Å². The number of piperazine rings is 1. The number of halogens is 3. The number of nitrogens with zero attached hydrogens (tertiary/aromatic N) is 5. The number of sulfonamides is 1. The van der Waals surface area contributed by atoms with E-state index in [0.29, 0.717) is 42.4 Å². The number of ether oxygens (including phenoxy) is 3. The Labute approximate surface area is 275 Å². The molecule has 15 heteroatoms. The summed E-state index contributed by atoms with van der Waals surface area (Å²) >= 11 is 0.950. The lowest BCUT2D eigenvalue weighted by molar-refractivity contribution is -0.153. The molecule has 0 radical (unpaired) electrons. The van der Waals surface area contributed by atoms with E-state index in [4.69, 9.17) is 14.2 Å². The van der Waals surface area contributed by atoms with Crippen LogP contribution in [0.5, 0.6) is 17.2 Å². The molecule has 0 N–H and O–H groups in total. The normalized spacial score (nSPS) is 19.1. The quantitative estimate of drug-likeness (QED) is 0.208. The molecule has 0 amide bonds. The molecule has 6 rings (SSSR count). The van der Waals surface area contributed by atoms with Crippen LogP contribution in [0.1, 0.15) is 35.2 Å². The minimum absolute atomic E-state index is 0.00850. The fourth-order valence-corrected chi connectivity index (χ4v) is 8.39. The SMILES string of the molecule is COc1ccc(CN(c2ncns2)S(=O)(=O)c2ccc3c(c2)OCCC3N2CCN(CC(F)(F)F)C[C@H]2c2ccccc2)c(OC)c1. The number of alkyl halides is 3. The van der Waals surface area contributed by atoms with Gasteiger partial charge >= 0.3 is 6.18 Å². The van der Waals surface area contributed by atoms with Gasteiger partial charge in [0, 0.05) is 72.9 Å². The number of methoxy groups -OCH3 is 2. The zero-order valence-electron chi connectivity index (χ0n) is 25.8. The second-order valence-corrected chi connectivity index (χ2v) is 13.9. The molecule has 1 aromatic heterocycles. The predicted molar refractivity (Wildman–Crippen MR) is 171 cm³/mol. The molecule has 0 aliphatic carbocycles. The third kappa shape index (κ3) is 7.17. The van der Waals surface area contributed by atoms with E-state index in [9.17, 15) is 21.6 Å². The molecule has 4 aromatic rings. The fourth-order valence-electron chi connectivity index (χ4n) is 6.25. The monoisotopic (exact) mass is 689 g/mol. The Morgan fingerprint density at radius 2 is 1.83 bits per heavy atom. The highest BCUT2D eigenvalue weighted by molar-refractivity contribution is 7.93. The average Bonchev–Trinajstić information content (AvgIpc) is 3.61. The molecule has 2 atom stereocenters. The summed E-state index contributed by atoms with van der Waals surface area (Å²) in [7, 11) is -1.14. The van der Waals surface area contributed by atoms with E-state index in [2.05, 4.69) is 14.3 Å². The Hall–Kier alpha value is -3.92. The molecule has 1 saturated heterocycles. The van der Waals surface area contributed by atoms with Crippen molar-refractivity contribution in [1.29, 1.82) is 0 Å². The van der Waals surface area contributed by atoms with E-state index in [1.54, 1.807) is 30.3 Å². The number of benzene rings is 3. The Bertz CT molecular complexity index is 1780. The number of fused-ring (bicyclic) bond motifs is 1. The van der Waals surface area contributed by atoms with Crippen molar-refractivity contribution in [2.75, 3.05) is 51.3 Å². The lowest BCUT2D eigenvalue weighted by Crippen LogP contribution is -2.52. The first-order valence-corrected chi connectivity index (χ1v) is 17.2. The van der Waals surface area contributed by atoms with Gasteiger partial charge in [-0.15, -0.1) is 0 Å². The Morgan fingerprint density at radius 1 is 1.02 bits per heavy atom. The first-order valence-electron chi connectivity index (χ1n) is 14.9. The summed E-state index contributed by atoms with van der Waals surface area (Å²) < 4.78 is 90.6. The number of aromatic nitrogens is 2. The number of hydrogen-bond donors (Lipinski definition) is 0. The van der Waals surface area contributed by atoms with Crippen LogP contribution >= 0.6 is 11.5 Å². The van der Waals surface area contributed by atoms with Gasteiger partial charge in [-0.3, -0.25) is 9.80 Å². The molecule has 250 valence electrons. The number of hydrogen-bond acceptors (Lipinski definition) is 10. The molecular weight excluding hydrogens is 656 g/mol. The van der Waals surface area contributed by atoms with Crippen molar-refractivity contribution < 1.29 is 35.8 Å². The van der Waals surface area contributed by atoms with Gasteiger partial charge in [0.05, 0.1) is 38.8 Å². The minimum Gasteiger partial charge on any atom is -0.497 e. The summed E-state index contributed by atoms with van der Waals surface area (Å²) in [6.45, 7) is 0.167. The van der Waals surface area contributed by atoms with E-state index in [1.807, 2.05) is 30.3 Å². The lowest BCUT2D eigenvalue weighted by atomic mass is 9.93. The van der Waals surface area contributed by atoms with Crippen molar-refractivity contribution in [3.63, 3.8) is 0 Å². The molecule has 1 unspecified atom stereocenters. The van der Waals surface area contributed by atoms with E-state index >= 15 is 0 Å². The summed E-state index contributed by atoms with van der Waals surface area (Å²) in [4.78, 5) is 7.88. The minimum atomic E-state index is -4.29. The second kappa shape index (κ2) is 13.7. The van der Waals surface area contributed by atoms with Crippen LogP contribution in [0.15, 0.2) is 78.0 Å². The summed E-state index contributed by atoms with van der Waals surface area (Å²) in [6, 6.07) is 19.0. The van der Waals surface area contributed by atoms with Gasteiger partial charge in [-0.05, 0) is 23.8 Å². The van der Waals surface area contributed by atoms with Crippen LogP contribution in [0.2, 0.25) is 0 Å². The summed E-state index contributed by atoms with van der Waals surface area (Å²) in [5, 5.41) is 0.182. The van der Waals surface area contributed by atoms with Gasteiger partial charge in [-0.1, -0.05) is 36.4 Å². The van der Waals surface area contributed by atoms with Crippen LogP contribution in [0, 0.1) is 0 Å². The first-order chi connectivity index (χ1) is 22.6. The summed E-state index contributed by atoms with van der Waals surface area (Å²) in [5.74, 6) is 1.44. The molecule has 10 nitrogen and oxygen atoms in total. The lowest BCUT2D eigenvalue weighted by Gasteiger charge is -2.47. The number of anilines is 1. The van der Waals surface area contributed by atoms with Crippen LogP contribution in [0.3, 0.4) is 0 Å². The van der Waals surface area contributed by atoms with E-state index in [0.717, 1.165) is 22.7 Å². The molecular formula is C32H34F3N5O5S2. The highest BCUT2D eigenvalue weighted by atomic mass is 32.2. The molecule has 2 aliphatic heterocycles. The second-order valence-electron chi connectivity index (χ2n) is 11.3. The fraction of sp³-hybridized carbons (Fsp3) is 0.375. The van der Waals surface area contributed by atoms with Crippen molar-refractivity contribution in [2.24, 2.45) is 0 Å². The molecule has 2 aliphatic rings. The van der Waals surface area contributed by atoms with Gasteiger partial charge < -0.3 is 14.2 Å². The predicted octanol–water partition coefficient (Wildman–Crippen LogP) is 5.70. The molecule has 1 fully saturated rings. The van der Waals surface area contributed by atoms with Gasteiger partial charge in [0.25, 0.3) is 10.0 Å². The first kappa shape index (κ1) is 33.0. The van der Waals surface area contributed by atoms with Gasteiger partial charge in [0.2, 0.25) is 5.13 Å². The molecule has 0 spiro atoms. The van der Waals surface area contributed by atoms with Gasteiger partial charge in [-0.25, -0.2) is 17.7 Å². The molecule has 3 heterocycles. The maximum atomic E-state index is 14.3. The average molecular weight is 690 g/mol. The summed E-state index contributed by atoms with van der Waals surface area (Å²) in [5.41, 5.74) is 2.31. The third-order valence-corrected chi connectivity index (χ3v) is 11.0. The number of rotatable bonds is 10. The van der Waals surface area contributed by atoms with Crippen molar-refractivity contribution >= 4 is 26.7 Å². The topological polar surface area (TPSA) is 97.3 Å². The standard InChI is InChI=1S/C32H34F3N5O5S2/c1-43-24-9-8-23(29(16-24)44-2)18-40(31-36-21-37-46-31)47(41,42)25-10-11-26-27(12-15-45-30(26)17-25)39-14-13-38(20-32(33,34)35)19-28(39)22-6-4-3-5-7-22/h3-11,16-17,21,27-28H,12-15,18-20H2,1-2H3/t27?,28-/m0/s1. The third-order valence-electron chi connectivity index (χ3n) is 8.45. The summed E-state index contributed by atoms with van der Waals surface area (Å²) in [6.07, 6.45) is -2.39. The van der Waals surface area contributed by atoms with Crippen LogP contribution in [-0.4, -0.2) is 80.8 Å². The van der Waals surface area contributed by atoms with Crippen molar-refractivity contribution in [3.8, 4) is 17.2 Å². The van der Waals surface area contributed by atoms with E-state index in [-0.39, 0.29) is 41.7 Å². The zero-order valence-corrected chi connectivity index (χ0v) is 27.4. The molecule has 0 saturated carbocycles. The van der Waals surface area contributed by atoms with Gasteiger partial charge in [0.1, 0.15) is 23.6 Å². The van der Waals surface area contributed by atoms with Crippen LogP contribution < -0.4 is 18.5 Å². The van der Waals surface area contributed by atoms with Crippen molar-refractivity contribution in [3.05, 3.63) is 89.7 Å². The smallest absolute Gasteiger partial charge is 0.401 e. The van der Waals surface area contributed by atoms with E-state index in [1.165, 1.54) is 35.8 Å². The van der Waals surface area contributed by atoms with Gasteiger partial charge in [-0.2, -0.15) is 17.5 Å². The Kier molecular flexibility index (Phi) is 9.60. The van der Waals surface area contributed by atoms with E-state index < -0.39 is 22.7 Å². The highest BCUT2D eigenvalue weighted by Crippen LogP contribution is 2.43. The van der Waals surface area contributed by atoms with Crippen LogP contribution in [0.4, 0.5) is 18.3 Å². The van der Waals surface area contributed by atoms with Crippen molar-refractivity contribution in [2.45, 2.75) is 36.1 Å². The molecule has 47 heavy (non-hydrogen) atoms. The Balaban J connectivity index is 1.32. The maximum Gasteiger partial charge on any atom is 0.401 e. The van der Waals surface area contributed by atoms with Crippen molar-refractivity contribution in [1.82, 2.24) is 19.2 Å².